The Morgan fingerprint density at radius 1 is 1.17 bits per heavy atom. The van der Waals surface area contributed by atoms with Gasteiger partial charge in [-0.2, -0.15) is 4.31 Å². The normalized spacial score (nSPS) is 12.8. The Morgan fingerprint density at radius 2 is 1.83 bits per heavy atom. The highest BCUT2D eigenvalue weighted by molar-refractivity contribution is 7.89. The summed E-state index contributed by atoms with van der Waals surface area (Å²) in [6, 6.07) is 6.48. The number of nitrogens with zero attached hydrogens (tertiary/aromatic N) is 1. The van der Waals surface area contributed by atoms with E-state index >= 15 is 0 Å². The molecule has 0 fully saturated rings. The van der Waals surface area contributed by atoms with Gasteiger partial charge >= 0.3 is 0 Å². The first-order valence-electron chi connectivity index (χ1n) is 8.82. The number of sulfonamides is 1. The fourth-order valence-corrected chi connectivity index (χ4v) is 4.68. The molecule has 2 rings (SSSR count). The lowest BCUT2D eigenvalue weighted by Gasteiger charge is -2.19. The van der Waals surface area contributed by atoms with E-state index in [1.807, 2.05) is 0 Å². The second-order valence-electron chi connectivity index (χ2n) is 6.13. The zero-order chi connectivity index (χ0) is 21.8. The number of benzene rings is 2. The van der Waals surface area contributed by atoms with Crippen LogP contribution in [0.15, 0.2) is 41.3 Å². The molecule has 1 atom stereocenters. The molecule has 0 aliphatic rings. The number of carbonyl (C=O) groups is 1. The quantitative estimate of drug-likeness (QED) is 0.652. The zero-order valence-electron chi connectivity index (χ0n) is 15.8. The van der Waals surface area contributed by atoms with Gasteiger partial charge in [0.25, 0.3) is 5.91 Å². The molecule has 0 saturated carbocycles. The summed E-state index contributed by atoms with van der Waals surface area (Å²) in [7, 11) is -3.88. The van der Waals surface area contributed by atoms with E-state index < -0.39 is 33.7 Å². The van der Waals surface area contributed by atoms with E-state index in [1.165, 1.54) is 16.4 Å². The Morgan fingerprint density at radius 3 is 2.41 bits per heavy atom. The molecule has 0 aromatic heterocycles. The molecule has 1 unspecified atom stereocenters. The molecular weight excluding hydrogens is 426 g/mol. The van der Waals surface area contributed by atoms with Crippen molar-refractivity contribution in [2.45, 2.75) is 24.8 Å². The van der Waals surface area contributed by atoms with E-state index in [4.69, 9.17) is 11.6 Å². The lowest BCUT2D eigenvalue weighted by atomic mass is 10.1. The first-order valence-corrected chi connectivity index (χ1v) is 10.6. The zero-order valence-corrected chi connectivity index (χ0v) is 17.4. The molecule has 0 bridgehead atoms. The molecule has 1 amide bonds. The summed E-state index contributed by atoms with van der Waals surface area (Å²) in [4.78, 5) is 12.2. The molecule has 0 aliphatic heterocycles. The van der Waals surface area contributed by atoms with E-state index in [9.17, 15) is 27.1 Å². The van der Waals surface area contributed by atoms with Crippen molar-refractivity contribution >= 4 is 27.5 Å². The van der Waals surface area contributed by atoms with Gasteiger partial charge in [-0.1, -0.05) is 31.5 Å². The number of rotatable bonds is 8. The maximum atomic E-state index is 13.7. The van der Waals surface area contributed by atoms with Crippen molar-refractivity contribution in [1.29, 1.82) is 0 Å². The van der Waals surface area contributed by atoms with E-state index in [1.54, 1.807) is 13.8 Å². The van der Waals surface area contributed by atoms with E-state index in [0.29, 0.717) is 6.07 Å². The third kappa shape index (κ3) is 5.30. The summed E-state index contributed by atoms with van der Waals surface area (Å²) in [5.74, 6) is -2.41. The largest absolute Gasteiger partial charge is 0.386 e. The van der Waals surface area contributed by atoms with Crippen molar-refractivity contribution in [2.75, 3.05) is 19.6 Å². The standard InChI is InChI=1S/C19H21ClF2N2O4S/c1-3-24(4-2)29(27,28)18-9-12(5-8-15(18)20)19(26)23-11-17(25)14-7-6-13(21)10-16(14)22/h5-10,17,25H,3-4,11H2,1-2H3,(H,23,26). The van der Waals surface area contributed by atoms with Crippen LogP contribution in [0.4, 0.5) is 8.78 Å². The minimum absolute atomic E-state index is 0.00640. The molecule has 0 heterocycles. The number of aliphatic hydroxyl groups is 1. The third-order valence-electron chi connectivity index (χ3n) is 4.29. The molecule has 10 heteroatoms. The van der Waals surface area contributed by atoms with Crippen molar-refractivity contribution in [3.8, 4) is 0 Å². The van der Waals surface area contributed by atoms with Gasteiger partial charge in [-0.25, -0.2) is 17.2 Å². The van der Waals surface area contributed by atoms with Crippen LogP contribution in [-0.4, -0.2) is 43.4 Å². The summed E-state index contributed by atoms with van der Waals surface area (Å²) < 4.78 is 53.3. The average molecular weight is 447 g/mol. The molecular formula is C19H21ClF2N2O4S. The van der Waals surface area contributed by atoms with Crippen LogP contribution in [0.5, 0.6) is 0 Å². The summed E-state index contributed by atoms with van der Waals surface area (Å²) in [5.41, 5.74) is -0.167. The van der Waals surface area contributed by atoms with E-state index in [2.05, 4.69) is 5.32 Å². The molecule has 0 spiro atoms. The summed E-state index contributed by atoms with van der Waals surface area (Å²) in [5, 5.41) is 12.4. The van der Waals surface area contributed by atoms with Crippen LogP contribution in [0.2, 0.25) is 5.02 Å². The third-order valence-corrected chi connectivity index (χ3v) is 6.83. The van der Waals surface area contributed by atoms with Crippen LogP contribution in [-0.2, 0) is 10.0 Å². The van der Waals surface area contributed by atoms with Gasteiger partial charge in [0.15, 0.2) is 0 Å². The van der Waals surface area contributed by atoms with Gasteiger partial charge in [0, 0.05) is 36.8 Å². The fourth-order valence-electron chi connectivity index (χ4n) is 2.72. The first kappa shape index (κ1) is 23.2. The van der Waals surface area contributed by atoms with Crippen LogP contribution >= 0.6 is 11.6 Å². The predicted octanol–water partition coefficient (Wildman–Crippen LogP) is 3.11. The SMILES string of the molecule is CCN(CC)S(=O)(=O)c1cc(C(=O)NCC(O)c2ccc(F)cc2F)ccc1Cl. The van der Waals surface area contributed by atoms with Crippen molar-refractivity contribution in [3.05, 3.63) is 64.2 Å². The molecule has 158 valence electrons. The van der Waals surface area contributed by atoms with Crippen LogP contribution in [0, 0.1) is 11.6 Å². The number of nitrogens with one attached hydrogen (secondary N) is 1. The van der Waals surface area contributed by atoms with Gasteiger partial charge in [-0.3, -0.25) is 4.79 Å². The molecule has 2 N–H and O–H groups in total. The van der Waals surface area contributed by atoms with Gasteiger partial charge in [-0.05, 0) is 24.3 Å². The maximum absolute atomic E-state index is 13.7. The first-order chi connectivity index (χ1) is 13.6. The Kier molecular flexibility index (Phi) is 7.70. The topological polar surface area (TPSA) is 86.7 Å². The Bertz CT molecular complexity index is 998. The summed E-state index contributed by atoms with van der Waals surface area (Å²) >= 11 is 6.03. The highest BCUT2D eigenvalue weighted by atomic mass is 35.5. The number of carbonyl (C=O) groups excluding carboxylic acids is 1. The van der Waals surface area contributed by atoms with Crippen LogP contribution in [0.1, 0.15) is 35.9 Å². The maximum Gasteiger partial charge on any atom is 0.251 e. The molecule has 0 radical (unpaired) electrons. The number of hydrogen-bond acceptors (Lipinski definition) is 4. The second-order valence-corrected chi connectivity index (χ2v) is 8.44. The van der Waals surface area contributed by atoms with Gasteiger partial charge in [0.1, 0.15) is 16.5 Å². The van der Waals surface area contributed by atoms with Crippen molar-refractivity contribution < 1.29 is 27.1 Å². The van der Waals surface area contributed by atoms with Gasteiger partial charge in [0.2, 0.25) is 10.0 Å². The summed E-state index contributed by atoms with van der Waals surface area (Å²) in [6.45, 7) is 3.48. The fraction of sp³-hybridized carbons (Fsp3) is 0.316. The van der Waals surface area contributed by atoms with Crippen LogP contribution < -0.4 is 5.32 Å². The van der Waals surface area contributed by atoms with Crippen LogP contribution in [0.25, 0.3) is 0 Å². The Balaban J connectivity index is 2.19. The second kappa shape index (κ2) is 9.62. The van der Waals surface area contributed by atoms with Crippen molar-refractivity contribution in [2.24, 2.45) is 0 Å². The Hall–Kier alpha value is -2.07. The molecule has 0 aliphatic carbocycles. The Labute approximate surface area is 173 Å². The smallest absolute Gasteiger partial charge is 0.251 e. The predicted molar refractivity (Wildman–Crippen MR) is 105 cm³/mol. The average Bonchev–Trinajstić information content (AvgIpc) is 2.66. The van der Waals surface area contributed by atoms with Gasteiger partial charge < -0.3 is 10.4 Å². The number of aliphatic hydroxyl groups excluding tert-OH is 1. The molecule has 2 aromatic carbocycles. The lowest BCUT2D eigenvalue weighted by molar-refractivity contribution is 0.0913. The number of amides is 1. The van der Waals surface area contributed by atoms with Crippen LogP contribution in [0.3, 0.4) is 0 Å². The van der Waals surface area contributed by atoms with Crippen molar-refractivity contribution in [3.63, 3.8) is 0 Å². The summed E-state index contributed by atoms with van der Waals surface area (Å²) in [6.07, 6.45) is -1.41. The van der Waals surface area contributed by atoms with E-state index in [0.717, 1.165) is 18.2 Å². The highest BCUT2D eigenvalue weighted by Crippen LogP contribution is 2.26. The highest BCUT2D eigenvalue weighted by Gasteiger charge is 2.25. The number of halogens is 3. The minimum Gasteiger partial charge on any atom is -0.386 e. The molecule has 6 nitrogen and oxygen atoms in total. The van der Waals surface area contributed by atoms with Gasteiger partial charge in [0.05, 0.1) is 11.1 Å². The monoisotopic (exact) mass is 446 g/mol. The lowest BCUT2D eigenvalue weighted by Crippen LogP contribution is -2.32. The van der Waals surface area contributed by atoms with Crippen molar-refractivity contribution in [1.82, 2.24) is 9.62 Å². The number of hydrogen-bond donors (Lipinski definition) is 2. The minimum atomic E-state index is -3.88. The van der Waals surface area contributed by atoms with Gasteiger partial charge in [-0.15, -0.1) is 0 Å². The molecule has 0 saturated heterocycles. The molecule has 29 heavy (non-hydrogen) atoms. The van der Waals surface area contributed by atoms with E-state index in [-0.39, 0.29) is 40.7 Å². The molecule has 2 aromatic rings.